The van der Waals surface area contributed by atoms with Crippen LogP contribution in [-0.2, 0) is 14.3 Å². The van der Waals surface area contributed by atoms with E-state index in [1.807, 2.05) is 0 Å². The van der Waals surface area contributed by atoms with E-state index in [-0.39, 0.29) is 24.2 Å². The quantitative estimate of drug-likeness (QED) is 0.699. The van der Waals surface area contributed by atoms with Crippen LogP contribution in [0.5, 0.6) is 0 Å². The van der Waals surface area contributed by atoms with Crippen LogP contribution in [0, 0.1) is 5.82 Å². The van der Waals surface area contributed by atoms with E-state index in [1.54, 1.807) is 33.8 Å². The summed E-state index contributed by atoms with van der Waals surface area (Å²) >= 11 is 3.14. The summed E-state index contributed by atoms with van der Waals surface area (Å²) in [5.41, 5.74) is -0.644. The molecule has 9 heteroatoms. The van der Waals surface area contributed by atoms with Crippen molar-refractivity contribution in [1.82, 2.24) is 10.2 Å². The molecule has 0 aliphatic carbocycles. The molecule has 1 saturated heterocycles. The van der Waals surface area contributed by atoms with Gasteiger partial charge in [-0.15, -0.1) is 0 Å². The van der Waals surface area contributed by atoms with Crippen molar-refractivity contribution in [2.24, 2.45) is 0 Å². The van der Waals surface area contributed by atoms with Crippen molar-refractivity contribution in [3.63, 3.8) is 0 Å². The van der Waals surface area contributed by atoms with Crippen molar-refractivity contribution in [3.05, 3.63) is 28.5 Å². The molecular weight excluding hydrogens is 421 g/mol. The Labute approximate surface area is 165 Å². The molecule has 1 aliphatic heterocycles. The van der Waals surface area contributed by atoms with Crippen LogP contribution in [-0.4, -0.2) is 47.0 Å². The minimum absolute atomic E-state index is 0.000180. The number of rotatable bonds is 4. The number of nitrogens with one attached hydrogen (secondary N) is 2. The SMILES string of the molecule is CC1C[C@H](NC(=O)Nc2ccc(Br)cc2F)C(=O)N1CC(=O)OC(C)(C)C. The van der Waals surface area contributed by atoms with Gasteiger partial charge in [0.15, 0.2) is 0 Å². The summed E-state index contributed by atoms with van der Waals surface area (Å²) in [5.74, 6) is -1.48. The zero-order chi connectivity index (χ0) is 20.4. The summed E-state index contributed by atoms with van der Waals surface area (Å²) in [5, 5.41) is 4.91. The number of ether oxygens (including phenoxy) is 1. The number of amides is 3. The maximum absolute atomic E-state index is 13.8. The Morgan fingerprint density at radius 3 is 2.63 bits per heavy atom. The second-order valence-electron chi connectivity index (χ2n) is 7.41. The maximum Gasteiger partial charge on any atom is 0.326 e. The van der Waals surface area contributed by atoms with Gasteiger partial charge in [-0.3, -0.25) is 9.59 Å². The fourth-order valence-electron chi connectivity index (χ4n) is 2.76. The monoisotopic (exact) mass is 443 g/mol. The van der Waals surface area contributed by atoms with Gasteiger partial charge in [0.2, 0.25) is 5.91 Å². The average molecular weight is 444 g/mol. The third-order valence-corrected chi connectivity index (χ3v) is 4.39. The molecular formula is C18H23BrFN3O4. The van der Waals surface area contributed by atoms with E-state index in [0.717, 1.165) is 0 Å². The average Bonchev–Trinajstić information content (AvgIpc) is 2.76. The standard InChI is InChI=1S/C18H23BrFN3O4/c1-10-7-14(16(25)23(10)9-15(24)27-18(2,3)4)22-17(26)21-13-6-5-11(19)8-12(13)20/h5-6,8,10,14H,7,9H2,1-4H3,(H2,21,22,26)/t10?,14-/m0/s1. The fourth-order valence-corrected chi connectivity index (χ4v) is 3.09. The molecule has 0 radical (unpaired) electrons. The van der Waals surface area contributed by atoms with Gasteiger partial charge in [-0.25, -0.2) is 9.18 Å². The van der Waals surface area contributed by atoms with Crippen LogP contribution in [0.2, 0.25) is 0 Å². The van der Waals surface area contributed by atoms with Crippen LogP contribution in [0.15, 0.2) is 22.7 Å². The number of anilines is 1. The van der Waals surface area contributed by atoms with Gasteiger partial charge in [-0.1, -0.05) is 15.9 Å². The van der Waals surface area contributed by atoms with Crippen molar-refractivity contribution in [2.75, 3.05) is 11.9 Å². The molecule has 1 aliphatic rings. The van der Waals surface area contributed by atoms with Crippen LogP contribution in [0.25, 0.3) is 0 Å². The number of benzene rings is 1. The number of esters is 1. The summed E-state index contributed by atoms with van der Waals surface area (Å²) in [4.78, 5) is 38.0. The van der Waals surface area contributed by atoms with Crippen LogP contribution in [0.1, 0.15) is 34.1 Å². The van der Waals surface area contributed by atoms with Gasteiger partial charge in [0.05, 0.1) is 5.69 Å². The molecule has 3 amide bonds. The van der Waals surface area contributed by atoms with Crippen LogP contribution in [0.4, 0.5) is 14.9 Å². The predicted octanol–water partition coefficient (Wildman–Crippen LogP) is 3.04. The molecule has 1 aromatic rings. The largest absolute Gasteiger partial charge is 0.459 e. The molecule has 0 aromatic heterocycles. The lowest BCUT2D eigenvalue weighted by Gasteiger charge is -2.24. The zero-order valence-electron chi connectivity index (χ0n) is 15.6. The predicted molar refractivity (Wildman–Crippen MR) is 102 cm³/mol. The van der Waals surface area contributed by atoms with Crippen LogP contribution < -0.4 is 10.6 Å². The van der Waals surface area contributed by atoms with Gasteiger partial charge in [-0.05, 0) is 52.3 Å². The number of carbonyl (C=O) groups excluding carboxylic acids is 3. The number of carbonyl (C=O) groups is 3. The van der Waals surface area contributed by atoms with E-state index in [9.17, 15) is 18.8 Å². The third-order valence-electron chi connectivity index (χ3n) is 3.89. The molecule has 27 heavy (non-hydrogen) atoms. The molecule has 2 N–H and O–H groups in total. The summed E-state index contributed by atoms with van der Waals surface area (Å²) in [6.07, 6.45) is 0.345. The van der Waals surface area contributed by atoms with Crippen molar-refractivity contribution >= 4 is 39.5 Å². The Hall–Kier alpha value is -2.16. The molecule has 7 nitrogen and oxygen atoms in total. The Morgan fingerprint density at radius 1 is 1.37 bits per heavy atom. The Balaban J connectivity index is 1.94. The minimum Gasteiger partial charge on any atom is -0.459 e. The van der Waals surface area contributed by atoms with Crippen molar-refractivity contribution < 1.29 is 23.5 Å². The van der Waals surface area contributed by atoms with E-state index in [1.165, 1.54) is 17.0 Å². The highest BCUT2D eigenvalue weighted by atomic mass is 79.9. The second kappa shape index (κ2) is 8.24. The maximum atomic E-state index is 13.8. The van der Waals surface area contributed by atoms with Crippen LogP contribution in [0.3, 0.4) is 0 Å². The first-order chi connectivity index (χ1) is 12.5. The van der Waals surface area contributed by atoms with E-state index in [4.69, 9.17) is 4.74 Å². The topological polar surface area (TPSA) is 87.7 Å². The summed E-state index contributed by atoms with van der Waals surface area (Å²) in [6, 6.07) is 2.50. The highest BCUT2D eigenvalue weighted by molar-refractivity contribution is 9.10. The molecule has 1 unspecified atom stereocenters. The van der Waals surface area contributed by atoms with E-state index in [0.29, 0.717) is 10.9 Å². The number of halogens is 2. The highest BCUT2D eigenvalue weighted by Gasteiger charge is 2.39. The van der Waals surface area contributed by atoms with Gasteiger partial charge in [0.25, 0.3) is 0 Å². The third kappa shape index (κ3) is 5.92. The van der Waals surface area contributed by atoms with Crippen molar-refractivity contribution in [3.8, 4) is 0 Å². The van der Waals surface area contributed by atoms with E-state index >= 15 is 0 Å². The van der Waals surface area contributed by atoms with Gasteiger partial charge < -0.3 is 20.3 Å². The molecule has 1 aromatic carbocycles. The molecule has 0 bridgehead atoms. The van der Waals surface area contributed by atoms with Gasteiger partial charge in [0.1, 0.15) is 24.0 Å². The summed E-state index contributed by atoms with van der Waals surface area (Å²) in [7, 11) is 0. The van der Waals surface area contributed by atoms with Gasteiger partial charge in [0, 0.05) is 10.5 Å². The lowest BCUT2D eigenvalue weighted by atomic mass is 10.2. The summed E-state index contributed by atoms with van der Waals surface area (Å²) in [6.45, 7) is 6.84. The Bertz CT molecular complexity index is 751. The fraction of sp³-hybridized carbons (Fsp3) is 0.500. The van der Waals surface area contributed by atoms with Gasteiger partial charge in [-0.2, -0.15) is 0 Å². The van der Waals surface area contributed by atoms with Crippen molar-refractivity contribution in [1.29, 1.82) is 0 Å². The number of hydrogen-bond acceptors (Lipinski definition) is 4. The highest BCUT2D eigenvalue weighted by Crippen LogP contribution is 2.21. The Kier molecular flexibility index (Phi) is 6.46. The normalized spacial score (nSPS) is 19.8. The first-order valence-electron chi connectivity index (χ1n) is 8.51. The molecule has 2 rings (SSSR count). The lowest BCUT2D eigenvalue weighted by molar-refractivity contribution is -0.158. The van der Waals surface area contributed by atoms with E-state index in [2.05, 4.69) is 26.6 Å². The number of likely N-dealkylation sites (tertiary alicyclic amines) is 1. The first kappa shape index (κ1) is 21.1. The molecule has 148 valence electrons. The second-order valence-corrected chi connectivity index (χ2v) is 8.33. The Morgan fingerprint density at radius 2 is 2.04 bits per heavy atom. The summed E-state index contributed by atoms with van der Waals surface area (Å²) < 4.78 is 19.6. The van der Waals surface area contributed by atoms with Crippen molar-refractivity contribution in [2.45, 2.75) is 51.8 Å². The van der Waals surface area contributed by atoms with Crippen LogP contribution >= 0.6 is 15.9 Å². The molecule has 2 atom stereocenters. The first-order valence-corrected chi connectivity index (χ1v) is 9.30. The lowest BCUT2D eigenvalue weighted by Crippen LogP contribution is -2.45. The number of hydrogen-bond donors (Lipinski definition) is 2. The molecule has 1 heterocycles. The minimum atomic E-state index is -0.791. The number of nitrogens with zero attached hydrogens (tertiary/aromatic N) is 1. The smallest absolute Gasteiger partial charge is 0.326 e. The number of urea groups is 1. The molecule has 0 spiro atoms. The molecule has 1 fully saturated rings. The zero-order valence-corrected chi connectivity index (χ0v) is 17.2. The molecule has 0 saturated carbocycles. The van der Waals surface area contributed by atoms with E-state index < -0.39 is 29.5 Å². The van der Waals surface area contributed by atoms with Gasteiger partial charge >= 0.3 is 12.0 Å².